The van der Waals surface area contributed by atoms with Crippen LogP contribution in [-0.2, 0) is 16.4 Å². The number of hydrogen-bond donors (Lipinski definition) is 0. The van der Waals surface area contributed by atoms with Gasteiger partial charge in [0, 0.05) is 10.2 Å². The zero-order chi connectivity index (χ0) is 18.6. The summed E-state index contributed by atoms with van der Waals surface area (Å²) in [6, 6.07) is 16.8. The monoisotopic (exact) mass is 451 g/mol. The Morgan fingerprint density at radius 1 is 1.04 bits per heavy atom. The maximum atomic E-state index is 12.4. The van der Waals surface area contributed by atoms with Gasteiger partial charge in [-0.05, 0) is 36.8 Å². The minimum atomic E-state index is -3.31. The zero-order valence-electron chi connectivity index (χ0n) is 14.2. The fourth-order valence-electron chi connectivity index (χ4n) is 2.42. The summed E-state index contributed by atoms with van der Waals surface area (Å²) in [6.07, 6.45) is 0. The highest BCUT2D eigenvalue weighted by atomic mass is 79.9. The van der Waals surface area contributed by atoms with Crippen LogP contribution in [0.1, 0.15) is 11.4 Å². The number of aromatic nitrogens is 3. The van der Waals surface area contributed by atoms with Gasteiger partial charge >= 0.3 is 0 Å². The number of nitrogens with zero attached hydrogens (tertiary/aromatic N) is 3. The molecule has 0 fully saturated rings. The van der Waals surface area contributed by atoms with Gasteiger partial charge in [-0.15, -0.1) is 10.2 Å². The third-order valence-electron chi connectivity index (χ3n) is 3.84. The van der Waals surface area contributed by atoms with Crippen LogP contribution in [0.2, 0.25) is 0 Å². The van der Waals surface area contributed by atoms with Gasteiger partial charge in [0.25, 0.3) is 0 Å². The van der Waals surface area contributed by atoms with E-state index in [2.05, 4.69) is 26.1 Å². The van der Waals surface area contributed by atoms with Crippen molar-refractivity contribution in [1.82, 2.24) is 14.8 Å². The molecule has 2 aromatic carbocycles. The summed E-state index contributed by atoms with van der Waals surface area (Å²) in [7, 11) is -3.31. The van der Waals surface area contributed by atoms with E-state index >= 15 is 0 Å². The van der Waals surface area contributed by atoms with Crippen LogP contribution >= 0.6 is 27.7 Å². The Kier molecular flexibility index (Phi) is 6.16. The van der Waals surface area contributed by atoms with Crippen molar-refractivity contribution in [2.45, 2.75) is 23.5 Å². The topological polar surface area (TPSA) is 64.8 Å². The molecule has 0 saturated carbocycles. The Balaban J connectivity index is 1.66. The highest BCUT2D eigenvalue weighted by molar-refractivity contribution is 9.10. The molecule has 0 amide bonds. The molecular weight excluding hydrogens is 434 g/mol. The Morgan fingerprint density at radius 2 is 1.73 bits per heavy atom. The number of hydrogen-bond acceptors (Lipinski definition) is 5. The Bertz CT molecular complexity index is 971. The maximum Gasteiger partial charge on any atom is 0.191 e. The van der Waals surface area contributed by atoms with Crippen molar-refractivity contribution in [2.75, 3.05) is 11.5 Å². The van der Waals surface area contributed by atoms with E-state index in [1.54, 1.807) is 24.3 Å². The molecule has 136 valence electrons. The lowest BCUT2D eigenvalue weighted by atomic mass is 10.2. The van der Waals surface area contributed by atoms with Crippen molar-refractivity contribution in [1.29, 1.82) is 0 Å². The smallest absolute Gasteiger partial charge is 0.191 e. The van der Waals surface area contributed by atoms with Crippen molar-refractivity contribution in [3.8, 4) is 0 Å². The van der Waals surface area contributed by atoms with E-state index in [0.717, 1.165) is 21.0 Å². The van der Waals surface area contributed by atoms with Gasteiger partial charge in [0.05, 0.1) is 17.2 Å². The Morgan fingerprint density at radius 3 is 2.42 bits per heavy atom. The fraction of sp³-hybridized carbons (Fsp3) is 0.222. The Hall–Kier alpha value is -1.64. The molecule has 0 saturated heterocycles. The second-order valence-corrected chi connectivity index (χ2v) is 9.81. The molecule has 5 nitrogen and oxygen atoms in total. The van der Waals surface area contributed by atoms with Gasteiger partial charge in [-0.1, -0.05) is 58.0 Å². The third-order valence-corrected chi connectivity index (χ3v) is 7.33. The molecule has 3 aromatic rings. The van der Waals surface area contributed by atoms with E-state index in [1.807, 2.05) is 41.8 Å². The zero-order valence-corrected chi connectivity index (χ0v) is 17.4. The summed E-state index contributed by atoms with van der Waals surface area (Å²) in [5.74, 6) is 1.29. The summed E-state index contributed by atoms with van der Waals surface area (Å²) in [5.41, 5.74) is 1.15. The number of aryl methyl sites for hydroxylation is 1. The summed E-state index contributed by atoms with van der Waals surface area (Å²) in [6.45, 7) is 2.57. The lowest BCUT2D eigenvalue weighted by molar-refractivity contribution is 0.597. The molecule has 26 heavy (non-hydrogen) atoms. The van der Waals surface area contributed by atoms with Crippen molar-refractivity contribution in [2.24, 2.45) is 0 Å². The minimum absolute atomic E-state index is 0.0521. The molecule has 0 aliphatic rings. The van der Waals surface area contributed by atoms with Crippen molar-refractivity contribution in [3.63, 3.8) is 0 Å². The van der Waals surface area contributed by atoms with E-state index in [-0.39, 0.29) is 5.75 Å². The molecule has 3 rings (SSSR count). The highest BCUT2D eigenvalue weighted by Crippen LogP contribution is 2.21. The first kappa shape index (κ1) is 19.1. The van der Waals surface area contributed by atoms with Crippen LogP contribution in [0.5, 0.6) is 0 Å². The van der Waals surface area contributed by atoms with Gasteiger partial charge in [0.2, 0.25) is 0 Å². The van der Waals surface area contributed by atoms with E-state index < -0.39 is 9.84 Å². The maximum absolute atomic E-state index is 12.4. The van der Waals surface area contributed by atoms with Gasteiger partial charge in [-0.3, -0.25) is 0 Å². The summed E-state index contributed by atoms with van der Waals surface area (Å²) >= 11 is 4.73. The average Bonchev–Trinajstić information content (AvgIpc) is 2.96. The second kappa shape index (κ2) is 8.37. The average molecular weight is 452 g/mol. The van der Waals surface area contributed by atoms with E-state index in [1.165, 1.54) is 11.8 Å². The van der Waals surface area contributed by atoms with Crippen molar-refractivity contribution in [3.05, 3.63) is 70.5 Å². The first-order valence-electron chi connectivity index (χ1n) is 8.00. The van der Waals surface area contributed by atoms with Crippen LogP contribution in [0.25, 0.3) is 0 Å². The predicted octanol–water partition coefficient (Wildman–Crippen LogP) is 3.96. The number of thioether (sulfide) groups is 1. The van der Waals surface area contributed by atoms with Gasteiger partial charge in [0.15, 0.2) is 15.0 Å². The number of benzene rings is 2. The van der Waals surface area contributed by atoms with Crippen LogP contribution in [0.15, 0.2) is 69.1 Å². The minimum Gasteiger partial charge on any atom is -0.302 e. The summed E-state index contributed by atoms with van der Waals surface area (Å²) in [4.78, 5) is 0.336. The van der Waals surface area contributed by atoms with Crippen LogP contribution in [0, 0.1) is 6.92 Å². The SMILES string of the molecule is Cc1nnc(SCCS(=O)(=O)c2ccc(Br)cc2)n1Cc1ccccc1. The lowest BCUT2D eigenvalue weighted by Gasteiger charge is -2.09. The molecule has 0 spiro atoms. The molecular formula is C18H18BrN3O2S2. The third kappa shape index (κ3) is 4.75. The quantitative estimate of drug-likeness (QED) is 0.508. The molecule has 0 N–H and O–H groups in total. The standard InChI is InChI=1S/C18H18BrN3O2S2/c1-14-20-21-18(22(14)13-15-5-3-2-4-6-15)25-11-12-26(23,24)17-9-7-16(19)8-10-17/h2-10H,11-13H2,1H3. The molecule has 0 aliphatic carbocycles. The molecule has 1 aromatic heterocycles. The van der Waals surface area contributed by atoms with Crippen molar-refractivity contribution < 1.29 is 8.42 Å². The predicted molar refractivity (Wildman–Crippen MR) is 107 cm³/mol. The van der Waals surface area contributed by atoms with Gasteiger partial charge in [-0.2, -0.15) is 0 Å². The normalized spacial score (nSPS) is 11.6. The molecule has 0 aliphatic heterocycles. The summed E-state index contributed by atoms with van der Waals surface area (Å²) in [5, 5.41) is 9.06. The molecule has 1 heterocycles. The Labute approximate surface area is 165 Å². The summed E-state index contributed by atoms with van der Waals surface area (Å²) < 4.78 is 27.7. The van der Waals surface area contributed by atoms with E-state index in [0.29, 0.717) is 17.2 Å². The molecule has 0 bridgehead atoms. The van der Waals surface area contributed by atoms with E-state index in [9.17, 15) is 8.42 Å². The second-order valence-electron chi connectivity index (χ2n) is 5.72. The van der Waals surface area contributed by atoms with Gasteiger partial charge in [-0.25, -0.2) is 8.42 Å². The number of rotatable bonds is 7. The molecule has 0 atom stereocenters. The van der Waals surface area contributed by atoms with Crippen LogP contribution in [0.3, 0.4) is 0 Å². The first-order valence-corrected chi connectivity index (χ1v) is 11.4. The number of halogens is 1. The van der Waals surface area contributed by atoms with Crippen LogP contribution in [-0.4, -0.2) is 34.7 Å². The fourth-order valence-corrected chi connectivity index (χ4v) is 5.31. The van der Waals surface area contributed by atoms with Crippen LogP contribution in [0.4, 0.5) is 0 Å². The number of sulfone groups is 1. The van der Waals surface area contributed by atoms with Gasteiger partial charge < -0.3 is 4.57 Å². The van der Waals surface area contributed by atoms with Crippen molar-refractivity contribution >= 4 is 37.5 Å². The largest absolute Gasteiger partial charge is 0.302 e. The van der Waals surface area contributed by atoms with Crippen LogP contribution < -0.4 is 0 Å². The molecule has 0 radical (unpaired) electrons. The van der Waals surface area contributed by atoms with Gasteiger partial charge in [0.1, 0.15) is 5.82 Å². The lowest BCUT2D eigenvalue weighted by Crippen LogP contribution is -2.10. The highest BCUT2D eigenvalue weighted by Gasteiger charge is 2.16. The molecule has 0 unspecified atom stereocenters. The van der Waals surface area contributed by atoms with E-state index in [4.69, 9.17) is 0 Å². The molecule has 8 heteroatoms. The first-order chi connectivity index (χ1) is 12.5.